The molecule has 0 heterocycles. The highest BCUT2D eigenvalue weighted by Gasteiger charge is 2.22. The molecule has 10 heteroatoms. The maximum absolute atomic E-state index is 12.2. The maximum Gasteiger partial charge on any atom is 0.240 e. The van der Waals surface area contributed by atoms with E-state index >= 15 is 0 Å². The average Bonchev–Trinajstić information content (AvgIpc) is 2.98. The van der Waals surface area contributed by atoms with Crippen molar-refractivity contribution in [1.29, 1.82) is 0 Å². The molecule has 2 rings (SSSR count). The van der Waals surface area contributed by atoms with Crippen molar-refractivity contribution >= 4 is 31.6 Å². The molecule has 1 aromatic carbocycles. The number of nitrogens with one attached hydrogen (secondary N) is 2. The Balaban J connectivity index is 1.93. The molecule has 1 fully saturated rings. The van der Waals surface area contributed by atoms with E-state index in [1.807, 2.05) is 0 Å². The SMILES string of the molecule is COc1ccc(S(=O)(=O)NCCS(=O)(=O)NC2CCCC2)cc1Cl. The normalized spacial score (nSPS) is 16.4. The van der Waals surface area contributed by atoms with Crippen molar-refractivity contribution in [1.82, 2.24) is 9.44 Å². The van der Waals surface area contributed by atoms with Gasteiger partial charge in [-0.2, -0.15) is 0 Å². The molecule has 0 aliphatic heterocycles. The van der Waals surface area contributed by atoms with Crippen LogP contribution in [0.25, 0.3) is 0 Å². The summed E-state index contributed by atoms with van der Waals surface area (Å²) in [6, 6.07) is 4.01. The molecule has 0 amide bonds. The zero-order valence-corrected chi connectivity index (χ0v) is 15.7. The van der Waals surface area contributed by atoms with Crippen LogP contribution in [0.5, 0.6) is 5.75 Å². The number of hydrogen-bond donors (Lipinski definition) is 2. The Labute approximate surface area is 147 Å². The van der Waals surface area contributed by atoms with E-state index in [-0.39, 0.29) is 28.3 Å². The molecule has 1 aliphatic rings. The van der Waals surface area contributed by atoms with Gasteiger partial charge in [0.1, 0.15) is 5.75 Å². The molecular weight excluding hydrogens is 376 g/mol. The Morgan fingerprint density at radius 3 is 2.46 bits per heavy atom. The van der Waals surface area contributed by atoms with Gasteiger partial charge in [0.2, 0.25) is 20.0 Å². The van der Waals surface area contributed by atoms with Gasteiger partial charge in [0.05, 0.1) is 22.8 Å². The molecule has 0 saturated heterocycles. The molecule has 2 N–H and O–H groups in total. The summed E-state index contributed by atoms with van der Waals surface area (Å²) < 4.78 is 58.1. The Morgan fingerprint density at radius 2 is 1.88 bits per heavy atom. The first-order valence-electron chi connectivity index (χ1n) is 7.57. The topological polar surface area (TPSA) is 102 Å². The summed E-state index contributed by atoms with van der Waals surface area (Å²) in [4.78, 5) is -0.0468. The summed E-state index contributed by atoms with van der Waals surface area (Å²) in [5, 5.41) is 0.163. The molecule has 0 aromatic heterocycles. The maximum atomic E-state index is 12.2. The van der Waals surface area contributed by atoms with Gasteiger partial charge < -0.3 is 4.74 Å². The first-order chi connectivity index (χ1) is 11.2. The van der Waals surface area contributed by atoms with Crippen molar-refractivity contribution in [2.45, 2.75) is 36.6 Å². The van der Waals surface area contributed by atoms with E-state index in [1.54, 1.807) is 0 Å². The van der Waals surface area contributed by atoms with Crippen LogP contribution >= 0.6 is 11.6 Å². The number of hydrogen-bond acceptors (Lipinski definition) is 5. The molecule has 136 valence electrons. The summed E-state index contributed by atoms with van der Waals surface area (Å²) in [7, 11) is -5.92. The Bertz CT molecular complexity index is 774. The molecule has 1 aromatic rings. The van der Waals surface area contributed by atoms with Crippen LogP contribution in [0.3, 0.4) is 0 Å². The first-order valence-corrected chi connectivity index (χ1v) is 11.1. The van der Waals surface area contributed by atoms with Gasteiger partial charge in [-0.05, 0) is 31.0 Å². The third kappa shape index (κ3) is 5.32. The van der Waals surface area contributed by atoms with E-state index in [4.69, 9.17) is 16.3 Å². The minimum Gasteiger partial charge on any atom is -0.495 e. The molecule has 0 spiro atoms. The van der Waals surface area contributed by atoms with Crippen LogP contribution in [-0.2, 0) is 20.0 Å². The fraction of sp³-hybridized carbons (Fsp3) is 0.571. The second-order valence-electron chi connectivity index (χ2n) is 5.61. The van der Waals surface area contributed by atoms with E-state index in [2.05, 4.69) is 9.44 Å². The van der Waals surface area contributed by atoms with E-state index in [0.29, 0.717) is 5.75 Å². The smallest absolute Gasteiger partial charge is 0.240 e. The predicted octanol–water partition coefficient (Wildman–Crippen LogP) is 1.49. The summed E-state index contributed by atoms with van der Waals surface area (Å²) >= 11 is 5.91. The largest absolute Gasteiger partial charge is 0.495 e. The molecule has 1 aliphatic carbocycles. The summed E-state index contributed by atoms with van der Waals surface area (Å²) in [6.45, 7) is -0.214. The third-order valence-corrected chi connectivity index (χ3v) is 6.99. The first kappa shape index (κ1) is 19.5. The van der Waals surface area contributed by atoms with E-state index < -0.39 is 20.0 Å². The second-order valence-corrected chi connectivity index (χ2v) is 9.66. The number of rotatable bonds is 8. The highest BCUT2D eigenvalue weighted by atomic mass is 35.5. The number of halogens is 1. The number of ether oxygens (including phenoxy) is 1. The van der Waals surface area contributed by atoms with Crippen LogP contribution in [0.2, 0.25) is 5.02 Å². The van der Waals surface area contributed by atoms with Crippen molar-refractivity contribution in [3.63, 3.8) is 0 Å². The second kappa shape index (κ2) is 8.01. The minimum atomic E-state index is -3.84. The van der Waals surface area contributed by atoms with E-state index in [1.165, 1.54) is 25.3 Å². The number of sulfonamides is 2. The van der Waals surface area contributed by atoms with Gasteiger partial charge in [0.15, 0.2) is 0 Å². The van der Waals surface area contributed by atoms with Crippen LogP contribution in [0.15, 0.2) is 23.1 Å². The average molecular weight is 397 g/mol. The zero-order valence-electron chi connectivity index (χ0n) is 13.3. The quantitative estimate of drug-likeness (QED) is 0.693. The lowest BCUT2D eigenvalue weighted by molar-refractivity contribution is 0.414. The molecule has 0 radical (unpaired) electrons. The Kier molecular flexibility index (Phi) is 6.49. The monoisotopic (exact) mass is 396 g/mol. The van der Waals surface area contributed by atoms with Crippen molar-refractivity contribution in [3.8, 4) is 5.75 Å². The lowest BCUT2D eigenvalue weighted by Gasteiger charge is -2.13. The van der Waals surface area contributed by atoms with Crippen molar-refractivity contribution in [2.75, 3.05) is 19.4 Å². The predicted molar refractivity (Wildman–Crippen MR) is 92.4 cm³/mol. The fourth-order valence-electron chi connectivity index (χ4n) is 2.56. The van der Waals surface area contributed by atoms with Gasteiger partial charge in [-0.25, -0.2) is 26.3 Å². The van der Waals surface area contributed by atoms with Gasteiger partial charge in [-0.15, -0.1) is 0 Å². The van der Waals surface area contributed by atoms with Gasteiger partial charge in [0, 0.05) is 12.6 Å². The van der Waals surface area contributed by atoms with Gasteiger partial charge in [-0.3, -0.25) is 0 Å². The molecule has 1 saturated carbocycles. The highest BCUT2D eigenvalue weighted by Crippen LogP contribution is 2.26. The van der Waals surface area contributed by atoms with Crippen molar-refractivity contribution in [2.24, 2.45) is 0 Å². The summed E-state index contributed by atoms with van der Waals surface area (Å²) in [6.07, 6.45) is 3.68. The molecule has 0 unspecified atom stereocenters. The molecule has 24 heavy (non-hydrogen) atoms. The fourth-order valence-corrected chi connectivity index (χ4v) is 5.31. The third-order valence-electron chi connectivity index (χ3n) is 3.80. The van der Waals surface area contributed by atoms with Gasteiger partial charge >= 0.3 is 0 Å². The highest BCUT2D eigenvalue weighted by molar-refractivity contribution is 7.90. The molecule has 0 atom stereocenters. The van der Waals surface area contributed by atoms with Gasteiger partial charge in [-0.1, -0.05) is 24.4 Å². The lowest BCUT2D eigenvalue weighted by atomic mass is 10.3. The van der Waals surface area contributed by atoms with Crippen LogP contribution < -0.4 is 14.2 Å². The van der Waals surface area contributed by atoms with Crippen LogP contribution in [-0.4, -0.2) is 42.3 Å². The summed E-state index contributed by atoms with van der Waals surface area (Å²) in [5.41, 5.74) is 0. The Morgan fingerprint density at radius 1 is 1.21 bits per heavy atom. The van der Waals surface area contributed by atoms with Crippen LogP contribution in [0, 0.1) is 0 Å². The zero-order chi connectivity index (χ0) is 17.8. The molecular formula is C14H21ClN2O5S2. The van der Waals surface area contributed by atoms with E-state index in [9.17, 15) is 16.8 Å². The standard InChI is InChI=1S/C14H21ClN2O5S2/c1-22-14-7-6-12(10-13(14)15)24(20,21)16-8-9-23(18,19)17-11-4-2-3-5-11/h6-7,10-11,16-17H,2-5,8-9H2,1H3. The molecule has 7 nitrogen and oxygen atoms in total. The van der Waals surface area contributed by atoms with Crippen molar-refractivity contribution in [3.05, 3.63) is 23.2 Å². The lowest BCUT2D eigenvalue weighted by Crippen LogP contribution is -2.38. The number of methoxy groups -OCH3 is 1. The molecule has 0 bridgehead atoms. The van der Waals surface area contributed by atoms with Crippen LogP contribution in [0.4, 0.5) is 0 Å². The minimum absolute atomic E-state index is 0.0352. The van der Waals surface area contributed by atoms with Crippen LogP contribution in [0.1, 0.15) is 25.7 Å². The van der Waals surface area contributed by atoms with E-state index in [0.717, 1.165) is 25.7 Å². The van der Waals surface area contributed by atoms with Crippen molar-refractivity contribution < 1.29 is 21.6 Å². The number of benzene rings is 1. The Hall–Kier alpha value is -0.870. The summed E-state index contributed by atoms with van der Waals surface area (Å²) in [5.74, 6) is 0.0473. The van der Waals surface area contributed by atoms with Gasteiger partial charge in [0.25, 0.3) is 0 Å².